The number of nitrogens with one attached hydrogen (secondary N) is 1. The van der Waals surface area contributed by atoms with Crippen LogP contribution < -0.4 is 5.32 Å². The summed E-state index contributed by atoms with van der Waals surface area (Å²) in [5, 5.41) is 3.13. The summed E-state index contributed by atoms with van der Waals surface area (Å²) in [4.78, 5) is 0. The van der Waals surface area contributed by atoms with Crippen molar-refractivity contribution in [2.45, 2.75) is 19.5 Å². The molecule has 1 nitrogen and oxygen atoms in total. The first-order valence-electron chi connectivity index (χ1n) is 6.00. The normalized spacial score (nSPS) is 12.4. The second-order valence-electron chi connectivity index (χ2n) is 4.32. The van der Waals surface area contributed by atoms with Crippen LogP contribution in [0.25, 0.3) is 0 Å². The van der Waals surface area contributed by atoms with Crippen LogP contribution >= 0.6 is 15.9 Å². The monoisotopic (exact) mass is 325 g/mol. The van der Waals surface area contributed by atoms with E-state index in [1.807, 2.05) is 31.2 Å². The third-order valence-corrected chi connectivity index (χ3v) is 3.74. The average molecular weight is 326 g/mol. The summed E-state index contributed by atoms with van der Waals surface area (Å²) in [7, 11) is 0. The van der Waals surface area contributed by atoms with Crippen molar-refractivity contribution in [2.75, 3.05) is 0 Å². The van der Waals surface area contributed by atoms with E-state index in [1.165, 1.54) is 18.2 Å². The van der Waals surface area contributed by atoms with Gasteiger partial charge in [-0.1, -0.05) is 40.2 Å². The molecule has 0 aliphatic carbocycles. The van der Waals surface area contributed by atoms with Crippen molar-refractivity contribution >= 4 is 15.9 Å². The van der Waals surface area contributed by atoms with E-state index in [4.69, 9.17) is 0 Å². The summed E-state index contributed by atoms with van der Waals surface area (Å²) < 4.78 is 28.0. The second-order valence-corrected chi connectivity index (χ2v) is 5.18. The molecule has 0 amide bonds. The van der Waals surface area contributed by atoms with Crippen LogP contribution in [0.15, 0.2) is 46.9 Å². The molecule has 0 spiro atoms. The highest BCUT2D eigenvalue weighted by molar-refractivity contribution is 9.10. The minimum absolute atomic E-state index is 0.00502. The Morgan fingerprint density at radius 2 is 1.68 bits per heavy atom. The van der Waals surface area contributed by atoms with E-state index < -0.39 is 11.6 Å². The van der Waals surface area contributed by atoms with Crippen molar-refractivity contribution in [3.8, 4) is 0 Å². The Labute approximate surface area is 119 Å². The number of halogens is 3. The maximum atomic E-state index is 13.5. The Bertz CT molecular complexity index is 552. The molecule has 1 atom stereocenters. The van der Waals surface area contributed by atoms with Crippen LogP contribution in [0.4, 0.5) is 8.78 Å². The van der Waals surface area contributed by atoms with Gasteiger partial charge in [0.2, 0.25) is 0 Å². The van der Waals surface area contributed by atoms with Crippen molar-refractivity contribution < 1.29 is 8.78 Å². The standard InChI is InChI=1S/C15H14BrF2N/c1-10(11-5-2-3-6-13(11)16)19-9-12-14(17)7-4-8-15(12)18/h2-8,10,19H,9H2,1H3/t10-/m0/s1. The molecule has 0 aromatic heterocycles. The lowest BCUT2D eigenvalue weighted by molar-refractivity contribution is 0.508. The smallest absolute Gasteiger partial charge is 0.130 e. The molecule has 0 heterocycles. The Morgan fingerprint density at radius 1 is 1.05 bits per heavy atom. The molecule has 0 aliphatic heterocycles. The van der Waals surface area contributed by atoms with Crippen LogP contribution in [-0.2, 0) is 6.54 Å². The van der Waals surface area contributed by atoms with E-state index in [0.717, 1.165) is 10.0 Å². The minimum Gasteiger partial charge on any atom is -0.306 e. The van der Waals surface area contributed by atoms with Crippen molar-refractivity contribution in [2.24, 2.45) is 0 Å². The third-order valence-electron chi connectivity index (χ3n) is 3.02. The molecule has 0 aliphatic rings. The van der Waals surface area contributed by atoms with E-state index in [9.17, 15) is 8.78 Å². The first kappa shape index (κ1) is 14.2. The van der Waals surface area contributed by atoms with Crippen LogP contribution in [0.2, 0.25) is 0 Å². The summed E-state index contributed by atoms with van der Waals surface area (Å²) in [6.45, 7) is 2.11. The van der Waals surface area contributed by atoms with Gasteiger partial charge in [0.05, 0.1) is 0 Å². The van der Waals surface area contributed by atoms with Crippen molar-refractivity contribution in [1.82, 2.24) is 5.32 Å². The minimum atomic E-state index is -0.521. The van der Waals surface area contributed by atoms with Crippen LogP contribution in [0, 0.1) is 11.6 Å². The zero-order valence-corrected chi connectivity index (χ0v) is 12.0. The van der Waals surface area contributed by atoms with Crippen molar-refractivity contribution in [3.05, 3.63) is 69.7 Å². The molecule has 4 heteroatoms. The molecule has 0 saturated carbocycles. The summed E-state index contributed by atoms with van der Waals surface area (Å²) in [5.41, 5.74) is 1.13. The first-order valence-corrected chi connectivity index (χ1v) is 6.79. The summed E-state index contributed by atoms with van der Waals surface area (Å²) in [6, 6.07) is 11.7. The quantitative estimate of drug-likeness (QED) is 0.867. The molecule has 0 radical (unpaired) electrons. The molecule has 0 saturated heterocycles. The van der Waals surface area contributed by atoms with E-state index >= 15 is 0 Å². The predicted molar refractivity (Wildman–Crippen MR) is 75.8 cm³/mol. The number of rotatable bonds is 4. The molecule has 0 unspecified atom stereocenters. The zero-order valence-electron chi connectivity index (χ0n) is 10.5. The topological polar surface area (TPSA) is 12.0 Å². The molecule has 0 fully saturated rings. The highest BCUT2D eigenvalue weighted by Crippen LogP contribution is 2.23. The van der Waals surface area contributed by atoms with Gasteiger partial charge in [-0.15, -0.1) is 0 Å². The van der Waals surface area contributed by atoms with Gasteiger partial charge in [-0.2, -0.15) is 0 Å². The van der Waals surface area contributed by atoms with Crippen LogP contribution in [0.1, 0.15) is 24.1 Å². The summed E-state index contributed by atoms with van der Waals surface area (Å²) >= 11 is 3.46. The maximum absolute atomic E-state index is 13.5. The van der Waals surface area contributed by atoms with E-state index in [1.54, 1.807) is 0 Å². The highest BCUT2D eigenvalue weighted by atomic mass is 79.9. The first-order chi connectivity index (χ1) is 9.09. The van der Waals surface area contributed by atoms with Crippen molar-refractivity contribution in [1.29, 1.82) is 0 Å². The van der Waals surface area contributed by atoms with Gasteiger partial charge in [-0.3, -0.25) is 0 Å². The van der Waals surface area contributed by atoms with Gasteiger partial charge >= 0.3 is 0 Å². The SMILES string of the molecule is C[C@H](NCc1c(F)cccc1F)c1ccccc1Br. The molecular weight excluding hydrogens is 312 g/mol. The van der Waals surface area contributed by atoms with Crippen LogP contribution in [-0.4, -0.2) is 0 Å². The Morgan fingerprint density at radius 3 is 2.32 bits per heavy atom. The fraction of sp³-hybridized carbons (Fsp3) is 0.200. The van der Waals surface area contributed by atoms with Gasteiger partial charge in [0, 0.05) is 22.6 Å². The predicted octanol–water partition coefficient (Wildman–Crippen LogP) is 4.58. The Hall–Kier alpha value is -1.26. The molecule has 100 valence electrons. The molecule has 19 heavy (non-hydrogen) atoms. The van der Waals surface area contributed by atoms with Gasteiger partial charge < -0.3 is 5.32 Å². The average Bonchev–Trinajstić information content (AvgIpc) is 2.38. The van der Waals surface area contributed by atoms with Gasteiger partial charge in [0.1, 0.15) is 11.6 Å². The molecular formula is C15H14BrF2N. The van der Waals surface area contributed by atoms with E-state index in [-0.39, 0.29) is 18.2 Å². The zero-order chi connectivity index (χ0) is 13.8. The fourth-order valence-electron chi connectivity index (χ4n) is 1.89. The number of hydrogen-bond acceptors (Lipinski definition) is 1. The Balaban J connectivity index is 2.09. The van der Waals surface area contributed by atoms with Crippen molar-refractivity contribution in [3.63, 3.8) is 0 Å². The maximum Gasteiger partial charge on any atom is 0.130 e. The van der Waals surface area contributed by atoms with Gasteiger partial charge in [-0.25, -0.2) is 8.78 Å². The largest absolute Gasteiger partial charge is 0.306 e. The van der Waals surface area contributed by atoms with Gasteiger partial charge in [-0.05, 0) is 30.7 Å². The summed E-state index contributed by atoms with van der Waals surface area (Å²) in [6.07, 6.45) is 0. The highest BCUT2D eigenvalue weighted by Gasteiger charge is 2.12. The molecule has 2 aromatic carbocycles. The van der Waals surface area contributed by atoms with Gasteiger partial charge in [0.15, 0.2) is 0 Å². The van der Waals surface area contributed by atoms with Crippen LogP contribution in [0.5, 0.6) is 0 Å². The fourth-order valence-corrected chi connectivity index (χ4v) is 2.52. The summed E-state index contributed by atoms with van der Waals surface area (Å²) in [5.74, 6) is -1.04. The third kappa shape index (κ3) is 3.39. The lowest BCUT2D eigenvalue weighted by Crippen LogP contribution is -2.20. The second kappa shape index (κ2) is 6.26. The molecule has 0 bridgehead atoms. The van der Waals surface area contributed by atoms with E-state index in [2.05, 4.69) is 21.2 Å². The Kier molecular flexibility index (Phi) is 4.66. The molecule has 2 aromatic rings. The number of benzene rings is 2. The van der Waals surface area contributed by atoms with E-state index in [0.29, 0.717) is 0 Å². The number of hydrogen-bond donors (Lipinski definition) is 1. The lowest BCUT2D eigenvalue weighted by atomic mass is 10.1. The molecule has 2 rings (SSSR count). The lowest BCUT2D eigenvalue weighted by Gasteiger charge is -2.16. The van der Waals surface area contributed by atoms with Crippen LogP contribution in [0.3, 0.4) is 0 Å². The van der Waals surface area contributed by atoms with Gasteiger partial charge in [0.25, 0.3) is 0 Å². The molecule has 1 N–H and O–H groups in total.